The van der Waals surface area contributed by atoms with Gasteiger partial charge in [0.15, 0.2) is 5.82 Å². The zero-order valence-electron chi connectivity index (χ0n) is 12.8. The highest BCUT2D eigenvalue weighted by Gasteiger charge is 2.26. The number of aromatic nitrogens is 2. The SMILES string of the molecule is Cc1nc(CCNC(=O)N(CCC(=O)O)C(C)(C)C)no1. The van der Waals surface area contributed by atoms with Crippen molar-refractivity contribution in [2.75, 3.05) is 13.1 Å². The van der Waals surface area contributed by atoms with Crippen molar-refractivity contribution in [3.05, 3.63) is 11.7 Å². The molecule has 2 N–H and O–H groups in total. The van der Waals surface area contributed by atoms with Crippen molar-refractivity contribution in [3.8, 4) is 0 Å². The summed E-state index contributed by atoms with van der Waals surface area (Å²) in [5.74, 6) is 0.0778. The predicted molar refractivity (Wildman–Crippen MR) is 74.8 cm³/mol. The normalized spacial score (nSPS) is 11.2. The summed E-state index contributed by atoms with van der Waals surface area (Å²) in [6.07, 6.45) is 0.370. The van der Waals surface area contributed by atoms with Crippen LogP contribution in [0.3, 0.4) is 0 Å². The molecule has 8 heteroatoms. The van der Waals surface area contributed by atoms with Crippen LogP contribution >= 0.6 is 0 Å². The number of nitrogens with zero attached hydrogens (tertiary/aromatic N) is 3. The van der Waals surface area contributed by atoms with E-state index < -0.39 is 11.5 Å². The van der Waals surface area contributed by atoms with Gasteiger partial charge in [0.2, 0.25) is 5.89 Å². The smallest absolute Gasteiger partial charge is 0.317 e. The molecular weight excluding hydrogens is 276 g/mol. The van der Waals surface area contributed by atoms with Crippen LogP contribution < -0.4 is 5.32 Å². The van der Waals surface area contributed by atoms with Crippen LogP contribution in [0.2, 0.25) is 0 Å². The second kappa shape index (κ2) is 7.05. The molecule has 1 aromatic heterocycles. The molecule has 1 aromatic rings. The van der Waals surface area contributed by atoms with Gasteiger partial charge in [-0.3, -0.25) is 4.79 Å². The summed E-state index contributed by atoms with van der Waals surface area (Å²) in [4.78, 5) is 28.4. The molecule has 0 aliphatic rings. The predicted octanol–water partition coefficient (Wildman–Crippen LogP) is 1.21. The monoisotopic (exact) mass is 298 g/mol. The number of rotatable bonds is 6. The molecule has 0 aliphatic heterocycles. The summed E-state index contributed by atoms with van der Waals surface area (Å²) in [6.45, 7) is 7.79. The molecular formula is C13H22N4O4. The number of hydrogen-bond donors (Lipinski definition) is 2. The summed E-state index contributed by atoms with van der Waals surface area (Å²) < 4.78 is 4.84. The van der Waals surface area contributed by atoms with Gasteiger partial charge < -0.3 is 19.8 Å². The minimum absolute atomic E-state index is 0.0886. The second-order valence-corrected chi connectivity index (χ2v) is 5.68. The molecule has 2 amide bonds. The number of hydrogen-bond acceptors (Lipinski definition) is 5. The van der Waals surface area contributed by atoms with Crippen LogP contribution in [0, 0.1) is 6.92 Å². The van der Waals surface area contributed by atoms with Crippen molar-refractivity contribution >= 4 is 12.0 Å². The number of carboxylic acid groups (broad SMARTS) is 1. The Bertz CT molecular complexity index is 493. The van der Waals surface area contributed by atoms with Crippen LogP contribution in [-0.4, -0.2) is 50.8 Å². The first-order valence-electron chi connectivity index (χ1n) is 6.76. The van der Waals surface area contributed by atoms with Gasteiger partial charge in [-0.05, 0) is 20.8 Å². The summed E-state index contributed by atoms with van der Waals surface area (Å²) in [5, 5.41) is 15.2. The van der Waals surface area contributed by atoms with E-state index in [4.69, 9.17) is 9.63 Å². The third kappa shape index (κ3) is 5.80. The third-order valence-corrected chi connectivity index (χ3v) is 2.80. The number of aliphatic carboxylic acids is 1. The van der Waals surface area contributed by atoms with Crippen molar-refractivity contribution in [1.29, 1.82) is 0 Å². The maximum atomic E-state index is 12.2. The molecule has 1 heterocycles. The second-order valence-electron chi connectivity index (χ2n) is 5.68. The van der Waals surface area contributed by atoms with E-state index in [1.807, 2.05) is 20.8 Å². The van der Waals surface area contributed by atoms with Gasteiger partial charge in [-0.15, -0.1) is 0 Å². The maximum Gasteiger partial charge on any atom is 0.317 e. The van der Waals surface area contributed by atoms with E-state index in [1.54, 1.807) is 6.92 Å². The molecule has 8 nitrogen and oxygen atoms in total. The van der Waals surface area contributed by atoms with E-state index in [-0.39, 0.29) is 19.0 Å². The van der Waals surface area contributed by atoms with E-state index in [0.717, 1.165) is 0 Å². The quantitative estimate of drug-likeness (QED) is 0.817. The van der Waals surface area contributed by atoms with Crippen molar-refractivity contribution in [1.82, 2.24) is 20.4 Å². The zero-order valence-corrected chi connectivity index (χ0v) is 12.8. The lowest BCUT2D eigenvalue weighted by molar-refractivity contribution is -0.137. The highest BCUT2D eigenvalue weighted by molar-refractivity contribution is 5.76. The largest absolute Gasteiger partial charge is 0.481 e. The van der Waals surface area contributed by atoms with Crippen molar-refractivity contribution in [2.45, 2.75) is 46.1 Å². The number of aryl methyl sites for hydroxylation is 1. The number of carboxylic acids is 1. The molecule has 21 heavy (non-hydrogen) atoms. The Morgan fingerprint density at radius 2 is 2.05 bits per heavy atom. The summed E-state index contributed by atoms with van der Waals surface area (Å²) in [6, 6.07) is -0.302. The average Bonchev–Trinajstić information content (AvgIpc) is 2.73. The Balaban J connectivity index is 2.50. The van der Waals surface area contributed by atoms with Crippen LogP contribution in [0.15, 0.2) is 4.52 Å². The van der Waals surface area contributed by atoms with Gasteiger partial charge in [0.1, 0.15) is 0 Å². The van der Waals surface area contributed by atoms with Gasteiger partial charge >= 0.3 is 12.0 Å². The van der Waals surface area contributed by atoms with E-state index in [2.05, 4.69) is 15.5 Å². The van der Waals surface area contributed by atoms with Crippen LogP contribution in [0.1, 0.15) is 38.9 Å². The Kier molecular flexibility index (Phi) is 5.69. The molecule has 0 unspecified atom stereocenters. The fourth-order valence-electron chi connectivity index (χ4n) is 1.77. The van der Waals surface area contributed by atoms with Crippen molar-refractivity contribution in [2.24, 2.45) is 0 Å². The first-order chi connectivity index (χ1) is 9.70. The minimum Gasteiger partial charge on any atom is -0.481 e. The first kappa shape index (κ1) is 16.9. The van der Waals surface area contributed by atoms with Gasteiger partial charge in [0.25, 0.3) is 0 Å². The molecule has 0 radical (unpaired) electrons. The Morgan fingerprint density at radius 1 is 1.38 bits per heavy atom. The Morgan fingerprint density at radius 3 is 2.52 bits per heavy atom. The fourth-order valence-corrected chi connectivity index (χ4v) is 1.77. The molecule has 0 atom stereocenters. The Labute approximate surface area is 123 Å². The van der Waals surface area contributed by atoms with Crippen LogP contribution in [-0.2, 0) is 11.2 Å². The summed E-state index contributed by atoms with van der Waals surface area (Å²) >= 11 is 0. The molecule has 0 saturated heterocycles. The van der Waals surface area contributed by atoms with Gasteiger partial charge in [-0.2, -0.15) is 4.98 Å². The molecule has 0 aliphatic carbocycles. The number of carbonyl (C=O) groups excluding carboxylic acids is 1. The van der Waals surface area contributed by atoms with Gasteiger partial charge in [-0.1, -0.05) is 5.16 Å². The van der Waals surface area contributed by atoms with Crippen LogP contribution in [0.25, 0.3) is 0 Å². The topological polar surface area (TPSA) is 109 Å². The lowest BCUT2D eigenvalue weighted by atomic mass is 10.1. The molecule has 0 spiro atoms. The lowest BCUT2D eigenvalue weighted by Crippen LogP contribution is -2.51. The molecule has 118 valence electrons. The minimum atomic E-state index is -0.931. The molecule has 0 bridgehead atoms. The molecule has 0 fully saturated rings. The Hall–Kier alpha value is -2.12. The number of urea groups is 1. The first-order valence-corrected chi connectivity index (χ1v) is 6.76. The summed E-state index contributed by atoms with van der Waals surface area (Å²) in [7, 11) is 0. The lowest BCUT2D eigenvalue weighted by Gasteiger charge is -2.35. The van der Waals surface area contributed by atoms with Gasteiger partial charge in [0, 0.05) is 32.0 Å². The van der Waals surface area contributed by atoms with Gasteiger partial charge in [0.05, 0.1) is 6.42 Å². The molecule has 1 rings (SSSR count). The highest BCUT2D eigenvalue weighted by atomic mass is 16.5. The highest BCUT2D eigenvalue weighted by Crippen LogP contribution is 2.13. The fraction of sp³-hybridized carbons (Fsp3) is 0.692. The van der Waals surface area contributed by atoms with E-state index >= 15 is 0 Å². The summed E-state index contributed by atoms with van der Waals surface area (Å²) in [5.41, 5.74) is -0.456. The van der Waals surface area contributed by atoms with E-state index in [0.29, 0.717) is 24.7 Å². The number of amides is 2. The van der Waals surface area contributed by atoms with E-state index in [9.17, 15) is 9.59 Å². The van der Waals surface area contributed by atoms with Crippen LogP contribution in [0.5, 0.6) is 0 Å². The number of nitrogens with one attached hydrogen (secondary N) is 1. The molecule has 0 saturated carbocycles. The van der Waals surface area contributed by atoms with Crippen LogP contribution in [0.4, 0.5) is 4.79 Å². The zero-order chi connectivity index (χ0) is 16.0. The average molecular weight is 298 g/mol. The standard InChI is InChI=1S/C13H22N4O4/c1-9-15-10(16-21-9)5-7-14-12(20)17(13(2,3)4)8-6-11(18)19/h5-8H2,1-4H3,(H,14,20)(H,18,19). The third-order valence-electron chi connectivity index (χ3n) is 2.80. The van der Waals surface area contributed by atoms with Crippen molar-refractivity contribution in [3.63, 3.8) is 0 Å². The van der Waals surface area contributed by atoms with Gasteiger partial charge in [-0.25, -0.2) is 4.79 Å². The molecule has 0 aromatic carbocycles. The maximum absolute atomic E-state index is 12.2. The number of carbonyl (C=O) groups is 2. The van der Waals surface area contributed by atoms with Crippen molar-refractivity contribution < 1.29 is 19.2 Å². The van der Waals surface area contributed by atoms with E-state index in [1.165, 1.54) is 4.90 Å².